The lowest BCUT2D eigenvalue weighted by Gasteiger charge is -2.24. The van der Waals surface area contributed by atoms with Gasteiger partial charge in [0.2, 0.25) is 0 Å². The van der Waals surface area contributed by atoms with E-state index in [9.17, 15) is 0 Å². The molecule has 0 bridgehead atoms. The number of anilines is 3. The Kier molecular flexibility index (Phi) is 3.55. The molecule has 0 saturated heterocycles. The summed E-state index contributed by atoms with van der Waals surface area (Å²) in [5.74, 6) is 0. The van der Waals surface area contributed by atoms with Crippen molar-refractivity contribution in [3.05, 3.63) is 53.6 Å². The standard InChI is InChI=1S/C14H15ClN2/c1-2-17(12-6-4-3-5-7-12)14-10-11(15)8-9-13(14)16/h3-10H,2,16H2,1H3. The van der Waals surface area contributed by atoms with Gasteiger partial charge in [0.1, 0.15) is 0 Å². The van der Waals surface area contributed by atoms with E-state index in [1.807, 2.05) is 30.3 Å². The van der Waals surface area contributed by atoms with Crippen LogP contribution in [0.25, 0.3) is 0 Å². The average Bonchev–Trinajstić information content (AvgIpc) is 2.36. The molecule has 17 heavy (non-hydrogen) atoms. The first kappa shape index (κ1) is 11.8. The van der Waals surface area contributed by atoms with E-state index in [2.05, 4.69) is 24.0 Å². The van der Waals surface area contributed by atoms with Gasteiger partial charge in [-0.2, -0.15) is 0 Å². The minimum atomic E-state index is 0.698. The topological polar surface area (TPSA) is 29.3 Å². The van der Waals surface area contributed by atoms with E-state index < -0.39 is 0 Å². The van der Waals surface area contributed by atoms with Crippen molar-refractivity contribution in [3.63, 3.8) is 0 Å². The molecular formula is C14H15ClN2. The van der Waals surface area contributed by atoms with Crippen molar-refractivity contribution < 1.29 is 0 Å². The zero-order valence-corrected chi connectivity index (χ0v) is 10.5. The van der Waals surface area contributed by atoms with Gasteiger partial charge >= 0.3 is 0 Å². The highest BCUT2D eigenvalue weighted by molar-refractivity contribution is 6.31. The van der Waals surface area contributed by atoms with Crippen LogP contribution in [0.3, 0.4) is 0 Å². The van der Waals surface area contributed by atoms with Gasteiger partial charge in [-0.15, -0.1) is 0 Å². The Morgan fingerprint density at radius 1 is 1.12 bits per heavy atom. The summed E-state index contributed by atoms with van der Waals surface area (Å²) in [6.45, 7) is 2.93. The molecule has 2 rings (SSSR count). The summed E-state index contributed by atoms with van der Waals surface area (Å²) in [6, 6.07) is 15.7. The van der Waals surface area contributed by atoms with E-state index in [0.29, 0.717) is 5.02 Å². The number of nitrogens with two attached hydrogens (primary N) is 1. The molecule has 0 spiro atoms. The molecule has 0 aliphatic carbocycles. The molecule has 0 fully saturated rings. The largest absolute Gasteiger partial charge is 0.397 e. The third kappa shape index (κ3) is 2.53. The van der Waals surface area contributed by atoms with Gasteiger partial charge in [0.05, 0.1) is 11.4 Å². The van der Waals surface area contributed by atoms with E-state index in [-0.39, 0.29) is 0 Å². The number of benzene rings is 2. The molecule has 0 radical (unpaired) electrons. The van der Waals surface area contributed by atoms with Gasteiger partial charge in [0.25, 0.3) is 0 Å². The molecule has 2 N–H and O–H groups in total. The van der Waals surface area contributed by atoms with Gasteiger partial charge < -0.3 is 10.6 Å². The van der Waals surface area contributed by atoms with Crippen LogP contribution >= 0.6 is 11.6 Å². The molecule has 0 aliphatic rings. The number of para-hydroxylation sites is 1. The molecule has 2 aromatic rings. The van der Waals surface area contributed by atoms with Crippen molar-refractivity contribution in [2.45, 2.75) is 6.92 Å². The molecule has 3 heteroatoms. The third-order valence-electron chi connectivity index (χ3n) is 2.67. The number of halogens is 1. The van der Waals surface area contributed by atoms with E-state index in [0.717, 1.165) is 23.6 Å². The van der Waals surface area contributed by atoms with Gasteiger partial charge in [-0.1, -0.05) is 29.8 Å². The molecule has 2 aromatic carbocycles. The van der Waals surface area contributed by atoms with Gasteiger partial charge in [-0.05, 0) is 37.3 Å². The van der Waals surface area contributed by atoms with Crippen molar-refractivity contribution in [1.29, 1.82) is 0 Å². The van der Waals surface area contributed by atoms with Crippen molar-refractivity contribution in [2.24, 2.45) is 0 Å². The predicted octanol–water partition coefficient (Wildman–Crippen LogP) is 4.08. The highest BCUT2D eigenvalue weighted by Crippen LogP contribution is 2.32. The third-order valence-corrected chi connectivity index (χ3v) is 2.90. The minimum Gasteiger partial charge on any atom is -0.397 e. The summed E-state index contributed by atoms with van der Waals surface area (Å²) < 4.78 is 0. The van der Waals surface area contributed by atoms with Crippen LogP contribution in [0.5, 0.6) is 0 Å². The minimum absolute atomic E-state index is 0.698. The van der Waals surface area contributed by atoms with Crippen LogP contribution in [0.15, 0.2) is 48.5 Å². The Labute approximate surface area is 107 Å². The number of hydrogen-bond donors (Lipinski definition) is 1. The number of nitrogens with zero attached hydrogens (tertiary/aromatic N) is 1. The lowest BCUT2D eigenvalue weighted by molar-refractivity contribution is 1.03. The lowest BCUT2D eigenvalue weighted by atomic mass is 10.2. The summed E-state index contributed by atoms with van der Waals surface area (Å²) in [4.78, 5) is 2.14. The van der Waals surface area contributed by atoms with E-state index in [4.69, 9.17) is 17.3 Å². The summed E-state index contributed by atoms with van der Waals surface area (Å²) >= 11 is 6.02. The van der Waals surface area contributed by atoms with Gasteiger partial charge in [-0.3, -0.25) is 0 Å². The van der Waals surface area contributed by atoms with Crippen molar-refractivity contribution in [1.82, 2.24) is 0 Å². The van der Waals surface area contributed by atoms with Gasteiger partial charge in [-0.25, -0.2) is 0 Å². The molecule has 0 saturated carbocycles. The van der Waals surface area contributed by atoms with Crippen LogP contribution in [-0.4, -0.2) is 6.54 Å². The first-order valence-corrected chi connectivity index (χ1v) is 5.97. The Balaban J connectivity index is 2.46. The van der Waals surface area contributed by atoms with Crippen LogP contribution in [0, 0.1) is 0 Å². The van der Waals surface area contributed by atoms with Crippen molar-refractivity contribution >= 4 is 28.7 Å². The van der Waals surface area contributed by atoms with Gasteiger partial charge in [0, 0.05) is 17.3 Å². The summed E-state index contributed by atoms with van der Waals surface area (Å²) in [5, 5.41) is 0.698. The second kappa shape index (κ2) is 5.11. The molecular weight excluding hydrogens is 232 g/mol. The Hall–Kier alpha value is -1.67. The zero-order valence-electron chi connectivity index (χ0n) is 9.73. The Morgan fingerprint density at radius 2 is 1.82 bits per heavy atom. The normalized spacial score (nSPS) is 10.2. The van der Waals surface area contributed by atoms with Gasteiger partial charge in [0.15, 0.2) is 0 Å². The van der Waals surface area contributed by atoms with E-state index in [1.54, 1.807) is 6.07 Å². The first-order chi connectivity index (χ1) is 8.22. The average molecular weight is 247 g/mol. The van der Waals surface area contributed by atoms with E-state index in [1.165, 1.54) is 0 Å². The maximum atomic E-state index is 6.02. The molecule has 88 valence electrons. The second-order valence-corrected chi connectivity index (χ2v) is 4.22. The fourth-order valence-corrected chi connectivity index (χ4v) is 2.02. The number of rotatable bonds is 3. The molecule has 0 unspecified atom stereocenters. The summed E-state index contributed by atoms with van der Waals surface area (Å²) in [6.07, 6.45) is 0. The fourth-order valence-electron chi connectivity index (χ4n) is 1.85. The zero-order chi connectivity index (χ0) is 12.3. The number of hydrogen-bond acceptors (Lipinski definition) is 2. The van der Waals surface area contributed by atoms with Crippen LogP contribution < -0.4 is 10.6 Å². The maximum absolute atomic E-state index is 6.02. The van der Waals surface area contributed by atoms with Crippen LogP contribution in [-0.2, 0) is 0 Å². The predicted molar refractivity (Wildman–Crippen MR) is 75.0 cm³/mol. The molecule has 2 nitrogen and oxygen atoms in total. The Morgan fingerprint density at radius 3 is 2.47 bits per heavy atom. The lowest BCUT2D eigenvalue weighted by Crippen LogP contribution is -2.17. The summed E-state index contributed by atoms with van der Waals surface area (Å²) in [5.41, 5.74) is 8.80. The monoisotopic (exact) mass is 246 g/mol. The highest BCUT2D eigenvalue weighted by Gasteiger charge is 2.10. The van der Waals surface area contributed by atoms with Crippen molar-refractivity contribution in [2.75, 3.05) is 17.2 Å². The van der Waals surface area contributed by atoms with Crippen LogP contribution in [0.4, 0.5) is 17.1 Å². The van der Waals surface area contributed by atoms with Crippen molar-refractivity contribution in [3.8, 4) is 0 Å². The van der Waals surface area contributed by atoms with Crippen LogP contribution in [0.1, 0.15) is 6.92 Å². The van der Waals surface area contributed by atoms with E-state index >= 15 is 0 Å². The van der Waals surface area contributed by atoms with Crippen LogP contribution in [0.2, 0.25) is 5.02 Å². The smallest absolute Gasteiger partial charge is 0.0659 e. The Bertz CT molecular complexity index is 497. The fraction of sp³-hybridized carbons (Fsp3) is 0.143. The molecule has 0 amide bonds. The maximum Gasteiger partial charge on any atom is 0.0659 e. The number of nitrogen functional groups attached to an aromatic ring is 1. The SMILES string of the molecule is CCN(c1ccccc1)c1cc(Cl)ccc1N. The first-order valence-electron chi connectivity index (χ1n) is 5.60. The quantitative estimate of drug-likeness (QED) is 0.827. The molecule has 0 atom stereocenters. The highest BCUT2D eigenvalue weighted by atomic mass is 35.5. The summed E-state index contributed by atoms with van der Waals surface area (Å²) in [7, 11) is 0. The molecule has 0 aromatic heterocycles. The molecule has 0 heterocycles. The molecule has 0 aliphatic heterocycles. The second-order valence-electron chi connectivity index (χ2n) is 3.78.